The molecule has 0 fully saturated rings. The molecular weight excluding hydrogens is 336 g/mol. The first-order valence-corrected chi connectivity index (χ1v) is 9.10. The molecule has 0 aliphatic carbocycles. The molecule has 2 aromatic carbocycles. The molecule has 0 aliphatic rings. The van der Waals surface area contributed by atoms with Gasteiger partial charge in [0.25, 0.3) is 0 Å². The number of benzene rings is 2. The first-order chi connectivity index (χ1) is 13.2. The minimum Gasteiger partial charge on any atom is -0.508 e. The summed E-state index contributed by atoms with van der Waals surface area (Å²) in [6, 6.07) is 21.5. The minimum atomic E-state index is 0.250. The Balaban J connectivity index is 2.13. The van der Waals surface area contributed by atoms with E-state index < -0.39 is 0 Å². The topological polar surface area (TPSA) is 68.4 Å². The molecule has 0 saturated carbocycles. The van der Waals surface area contributed by atoms with E-state index >= 15 is 0 Å². The Bertz CT molecular complexity index is 886. The van der Waals surface area contributed by atoms with E-state index in [1.165, 1.54) is 11.1 Å². The third-order valence-electron chi connectivity index (χ3n) is 4.33. The zero-order valence-corrected chi connectivity index (χ0v) is 15.4. The van der Waals surface area contributed by atoms with Crippen molar-refractivity contribution in [2.24, 2.45) is 5.73 Å². The van der Waals surface area contributed by atoms with E-state index in [2.05, 4.69) is 24.0 Å². The summed E-state index contributed by atoms with van der Waals surface area (Å²) in [5.74, 6) is 0.812. The molecule has 0 bridgehead atoms. The van der Waals surface area contributed by atoms with Crippen molar-refractivity contribution in [1.29, 1.82) is 0 Å². The zero-order valence-electron chi connectivity index (χ0n) is 15.4. The Morgan fingerprint density at radius 3 is 2.22 bits per heavy atom. The smallest absolute Gasteiger partial charge is 0.213 e. The second kappa shape index (κ2) is 9.01. The van der Waals surface area contributed by atoms with Crippen molar-refractivity contribution in [2.45, 2.75) is 13.3 Å². The van der Waals surface area contributed by atoms with E-state index in [1.807, 2.05) is 48.7 Å². The number of phenols is 1. The van der Waals surface area contributed by atoms with Gasteiger partial charge in [-0.1, -0.05) is 49.4 Å². The van der Waals surface area contributed by atoms with Gasteiger partial charge >= 0.3 is 0 Å². The summed E-state index contributed by atoms with van der Waals surface area (Å²) in [5.41, 5.74) is 11.0. The molecule has 0 amide bonds. The number of hydrogen-bond donors (Lipinski definition) is 2. The molecule has 1 heterocycles. The molecule has 0 unspecified atom stereocenters. The van der Waals surface area contributed by atoms with Crippen molar-refractivity contribution in [3.8, 4) is 11.6 Å². The van der Waals surface area contributed by atoms with Gasteiger partial charge in [0.1, 0.15) is 12.4 Å². The van der Waals surface area contributed by atoms with Crippen LogP contribution in [0.2, 0.25) is 0 Å². The minimum absolute atomic E-state index is 0.250. The molecule has 0 radical (unpaired) electrons. The van der Waals surface area contributed by atoms with Gasteiger partial charge in [0.05, 0.1) is 0 Å². The van der Waals surface area contributed by atoms with E-state index in [-0.39, 0.29) is 5.75 Å². The fourth-order valence-electron chi connectivity index (χ4n) is 3.08. The molecule has 4 nitrogen and oxygen atoms in total. The summed E-state index contributed by atoms with van der Waals surface area (Å²) in [4.78, 5) is 4.43. The van der Waals surface area contributed by atoms with Crippen molar-refractivity contribution in [3.63, 3.8) is 0 Å². The Labute approximate surface area is 160 Å². The standard InChI is InChI=1S/C23H24N2O2/c1-2-21(17-6-4-3-5-7-17)23(18-8-11-20(26)12-9-18)19-10-13-22(25-16-19)27-15-14-24/h3-13,16,26H,2,14-15,24H2,1H3. The van der Waals surface area contributed by atoms with Crippen LogP contribution < -0.4 is 10.5 Å². The van der Waals surface area contributed by atoms with Gasteiger partial charge in [0, 0.05) is 24.4 Å². The molecule has 27 heavy (non-hydrogen) atoms. The van der Waals surface area contributed by atoms with Gasteiger partial charge in [-0.2, -0.15) is 0 Å². The highest BCUT2D eigenvalue weighted by molar-refractivity contribution is 5.98. The number of rotatable bonds is 7. The molecular formula is C23H24N2O2. The number of aromatic nitrogens is 1. The van der Waals surface area contributed by atoms with Crippen LogP contribution in [-0.2, 0) is 0 Å². The van der Waals surface area contributed by atoms with Crippen LogP contribution in [0.1, 0.15) is 30.0 Å². The van der Waals surface area contributed by atoms with Crippen molar-refractivity contribution in [1.82, 2.24) is 4.98 Å². The normalized spacial score (nSPS) is 11.8. The van der Waals surface area contributed by atoms with E-state index in [9.17, 15) is 5.11 Å². The van der Waals surface area contributed by atoms with E-state index in [1.54, 1.807) is 12.1 Å². The lowest BCUT2D eigenvalue weighted by Crippen LogP contribution is -2.11. The molecule has 3 rings (SSSR count). The van der Waals surface area contributed by atoms with Crippen LogP contribution in [0.4, 0.5) is 0 Å². The average Bonchev–Trinajstić information content (AvgIpc) is 2.72. The third-order valence-corrected chi connectivity index (χ3v) is 4.33. The Morgan fingerprint density at radius 1 is 0.926 bits per heavy atom. The number of ether oxygens (including phenoxy) is 1. The maximum atomic E-state index is 9.69. The summed E-state index contributed by atoms with van der Waals surface area (Å²) in [6.45, 7) is 3.04. The maximum absolute atomic E-state index is 9.69. The lowest BCUT2D eigenvalue weighted by Gasteiger charge is -2.16. The highest BCUT2D eigenvalue weighted by Crippen LogP contribution is 2.35. The highest BCUT2D eigenvalue weighted by atomic mass is 16.5. The van der Waals surface area contributed by atoms with Crippen molar-refractivity contribution >= 4 is 11.1 Å². The summed E-state index contributed by atoms with van der Waals surface area (Å²) >= 11 is 0. The van der Waals surface area contributed by atoms with Gasteiger partial charge in [0.2, 0.25) is 5.88 Å². The molecule has 0 atom stereocenters. The average molecular weight is 360 g/mol. The van der Waals surface area contributed by atoms with Gasteiger partial charge in [-0.15, -0.1) is 0 Å². The zero-order chi connectivity index (χ0) is 19.1. The van der Waals surface area contributed by atoms with Gasteiger partial charge in [-0.3, -0.25) is 0 Å². The molecule has 138 valence electrons. The second-order valence-corrected chi connectivity index (χ2v) is 6.14. The van der Waals surface area contributed by atoms with Crippen molar-refractivity contribution < 1.29 is 9.84 Å². The molecule has 0 aliphatic heterocycles. The van der Waals surface area contributed by atoms with Gasteiger partial charge in [0.15, 0.2) is 0 Å². The van der Waals surface area contributed by atoms with E-state index in [0.29, 0.717) is 19.0 Å². The highest BCUT2D eigenvalue weighted by Gasteiger charge is 2.13. The van der Waals surface area contributed by atoms with Crippen LogP contribution in [0.25, 0.3) is 11.1 Å². The maximum Gasteiger partial charge on any atom is 0.213 e. The molecule has 3 aromatic rings. The lowest BCUT2D eigenvalue weighted by atomic mass is 9.89. The number of pyridine rings is 1. The lowest BCUT2D eigenvalue weighted by molar-refractivity contribution is 0.315. The molecule has 3 N–H and O–H groups in total. The van der Waals surface area contributed by atoms with E-state index in [4.69, 9.17) is 10.5 Å². The number of nitrogens with zero attached hydrogens (tertiary/aromatic N) is 1. The predicted molar refractivity (Wildman–Crippen MR) is 110 cm³/mol. The van der Waals surface area contributed by atoms with Gasteiger partial charge in [-0.05, 0) is 46.9 Å². The fourth-order valence-corrected chi connectivity index (χ4v) is 3.08. The summed E-state index contributed by atoms with van der Waals surface area (Å²) in [7, 11) is 0. The van der Waals surface area contributed by atoms with Crippen molar-refractivity contribution in [3.05, 3.63) is 89.6 Å². The van der Waals surface area contributed by atoms with Gasteiger partial charge in [-0.25, -0.2) is 4.98 Å². The van der Waals surface area contributed by atoms with Crippen LogP contribution in [0.3, 0.4) is 0 Å². The van der Waals surface area contributed by atoms with Crippen LogP contribution in [0.5, 0.6) is 11.6 Å². The largest absolute Gasteiger partial charge is 0.508 e. The van der Waals surface area contributed by atoms with Crippen LogP contribution in [-0.4, -0.2) is 23.2 Å². The van der Waals surface area contributed by atoms with E-state index in [0.717, 1.165) is 23.1 Å². The monoisotopic (exact) mass is 360 g/mol. The number of aromatic hydroxyl groups is 1. The van der Waals surface area contributed by atoms with Crippen LogP contribution >= 0.6 is 0 Å². The van der Waals surface area contributed by atoms with Crippen LogP contribution in [0.15, 0.2) is 72.9 Å². The van der Waals surface area contributed by atoms with Gasteiger partial charge < -0.3 is 15.6 Å². The summed E-state index contributed by atoms with van der Waals surface area (Å²) < 4.78 is 5.50. The Morgan fingerprint density at radius 2 is 1.63 bits per heavy atom. The number of nitrogens with two attached hydrogens (primary N) is 1. The van der Waals surface area contributed by atoms with Crippen LogP contribution in [0, 0.1) is 0 Å². The molecule has 4 heteroatoms. The first kappa shape index (κ1) is 18.7. The summed E-state index contributed by atoms with van der Waals surface area (Å²) in [5, 5.41) is 9.69. The molecule has 0 spiro atoms. The summed E-state index contributed by atoms with van der Waals surface area (Å²) in [6.07, 6.45) is 2.69. The molecule has 1 aromatic heterocycles. The fraction of sp³-hybridized carbons (Fsp3) is 0.174. The third kappa shape index (κ3) is 4.54. The molecule has 0 saturated heterocycles. The number of phenolic OH excluding ortho intramolecular Hbond substituents is 1. The Kier molecular flexibility index (Phi) is 6.23. The first-order valence-electron chi connectivity index (χ1n) is 9.10. The predicted octanol–water partition coefficient (Wildman–Crippen LogP) is 4.49. The number of hydrogen-bond acceptors (Lipinski definition) is 4. The Hall–Kier alpha value is -3.11. The second-order valence-electron chi connectivity index (χ2n) is 6.14. The quantitative estimate of drug-likeness (QED) is 0.609. The SMILES string of the molecule is CCC(=C(c1ccc(O)cc1)c1ccc(OCCN)nc1)c1ccccc1. The van der Waals surface area contributed by atoms with Crippen molar-refractivity contribution in [2.75, 3.05) is 13.2 Å². The number of allylic oxidation sites excluding steroid dienone is 1.